The number of hydrogen-bond donors (Lipinski definition) is 0. The summed E-state index contributed by atoms with van der Waals surface area (Å²) in [6.45, 7) is 8.39. The molecule has 2 aromatic rings. The lowest BCUT2D eigenvalue weighted by Gasteiger charge is -2.20. The minimum atomic E-state index is 0.138. The predicted octanol–water partition coefficient (Wildman–Crippen LogP) is 3.39. The van der Waals surface area contributed by atoms with Gasteiger partial charge in [-0.2, -0.15) is 10.4 Å². The number of rotatable bonds is 5. The Morgan fingerprint density at radius 1 is 1.26 bits per heavy atom. The Kier molecular flexibility index (Phi) is 5.17. The van der Waals surface area contributed by atoms with E-state index in [1.54, 1.807) is 0 Å². The minimum absolute atomic E-state index is 0.138. The van der Waals surface area contributed by atoms with Gasteiger partial charge in [0.1, 0.15) is 17.4 Å². The number of aryl methyl sites for hydroxylation is 1. The second kappa shape index (κ2) is 7.10. The lowest BCUT2D eigenvalue weighted by molar-refractivity contribution is 0.242. The third kappa shape index (κ3) is 3.98. The van der Waals surface area contributed by atoms with E-state index in [0.29, 0.717) is 17.9 Å². The van der Waals surface area contributed by atoms with Crippen LogP contribution in [0.15, 0.2) is 24.3 Å². The van der Waals surface area contributed by atoms with E-state index in [2.05, 4.69) is 16.3 Å². The Morgan fingerprint density at radius 3 is 2.65 bits per heavy atom. The summed E-state index contributed by atoms with van der Waals surface area (Å²) in [6.07, 6.45) is 0.138. The molecule has 0 aliphatic carbocycles. The van der Waals surface area contributed by atoms with Gasteiger partial charge in [0.25, 0.3) is 0 Å². The molecule has 0 unspecified atom stereocenters. The molecule has 1 heterocycles. The second-order valence-electron chi connectivity index (χ2n) is 5.89. The van der Waals surface area contributed by atoms with Gasteiger partial charge < -0.3 is 9.64 Å². The van der Waals surface area contributed by atoms with Crippen LogP contribution in [0.2, 0.25) is 0 Å². The first-order valence-electron chi connectivity index (χ1n) is 7.63. The third-order valence-electron chi connectivity index (χ3n) is 3.60. The highest BCUT2D eigenvalue weighted by molar-refractivity contribution is 5.57. The Balaban J connectivity index is 2.25. The molecule has 0 saturated carbocycles. The number of anilines is 1. The van der Waals surface area contributed by atoms with E-state index in [9.17, 15) is 5.26 Å². The van der Waals surface area contributed by atoms with Gasteiger partial charge in [0, 0.05) is 13.6 Å². The molecule has 0 amide bonds. The van der Waals surface area contributed by atoms with Crippen molar-refractivity contribution < 1.29 is 4.74 Å². The van der Waals surface area contributed by atoms with Crippen LogP contribution in [0, 0.1) is 25.2 Å². The second-order valence-corrected chi connectivity index (χ2v) is 5.89. The highest BCUT2D eigenvalue weighted by Gasteiger charge is 2.15. The smallest absolute Gasteiger partial charge is 0.169 e. The van der Waals surface area contributed by atoms with Crippen LogP contribution in [0.5, 0.6) is 5.75 Å². The summed E-state index contributed by atoms with van der Waals surface area (Å²) in [6, 6.07) is 10.2. The first-order valence-corrected chi connectivity index (χ1v) is 7.63. The van der Waals surface area contributed by atoms with Crippen LogP contribution in [-0.4, -0.2) is 23.3 Å². The van der Waals surface area contributed by atoms with Crippen LogP contribution in [0.4, 0.5) is 5.82 Å². The van der Waals surface area contributed by atoms with Gasteiger partial charge in [0.05, 0.1) is 11.8 Å². The van der Waals surface area contributed by atoms with E-state index in [-0.39, 0.29) is 6.10 Å². The van der Waals surface area contributed by atoms with Crippen LogP contribution < -0.4 is 9.64 Å². The lowest BCUT2D eigenvalue weighted by Crippen LogP contribution is -2.20. The SMILES string of the molecule is Cc1nnc(N(C)Cc2cccc(OC(C)C)c2)c(C#N)c1C. The quantitative estimate of drug-likeness (QED) is 0.847. The van der Waals surface area contributed by atoms with Gasteiger partial charge in [-0.05, 0) is 51.0 Å². The van der Waals surface area contributed by atoms with E-state index in [0.717, 1.165) is 22.6 Å². The summed E-state index contributed by atoms with van der Waals surface area (Å²) >= 11 is 0. The molecule has 5 heteroatoms. The highest BCUT2D eigenvalue weighted by atomic mass is 16.5. The van der Waals surface area contributed by atoms with Crippen LogP contribution in [0.25, 0.3) is 0 Å². The fraction of sp³-hybridized carbons (Fsp3) is 0.389. The molecule has 0 radical (unpaired) electrons. The summed E-state index contributed by atoms with van der Waals surface area (Å²) in [5, 5.41) is 17.8. The molecule has 0 N–H and O–H groups in total. The van der Waals surface area contributed by atoms with E-state index >= 15 is 0 Å². The van der Waals surface area contributed by atoms with E-state index in [4.69, 9.17) is 4.74 Å². The average molecular weight is 310 g/mol. The first-order chi connectivity index (χ1) is 10.9. The van der Waals surface area contributed by atoms with Crippen LogP contribution >= 0.6 is 0 Å². The molecular formula is C18H22N4O. The van der Waals surface area contributed by atoms with Crippen molar-refractivity contribution in [2.75, 3.05) is 11.9 Å². The Morgan fingerprint density at radius 2 is 2.00 bits per heavy atom. The normalized spacial score (nSPS) is 10.5. The zero-order chi connectivity index (χ0) is 17.0. The number of benzene rings is 1. The molecule has 1 aromatic carbocycles. The van der Waals surface area contributed by atoms with Gasteiger partial charge in [-0.25, -0.2) is 0 Å². The summed E-state index contributed by atoms with van der Waals surface area (Å²) in [5.74, 6) is 1.45. The third-order valence-corrected chi connectivity index (χ3v) is 3.60. The van der Waals surface area contributed by atoms with Gasteiger partial charge >= 0.3 is 0 Å². The monoisotopic (exact) mass is 310 g/mol. The van der Waals surface area contributed by atoms with Gasteiger partial charge in [-0.15, -0.1) is 5.10 Å². The van der Waals surface area contributed by atoms with Gasteiger partial charge in [0.15, 0.2) is 5.82 Å². The van der Waals surface area contributed by atoms with Crippen molar-refractivity contribution >= 4 is 5.82 Å². The molecule has 0 fully saturated rings. The van der Waals surface area contributed by atoms with Gasteiger partial charge in [0.2, 0.25) is 0 Å². The van der Waals surface area contributed by atoms with Crippen molar-refractivity contribution in [2.24, 2.45) is 0 Å². The maximum Gasteiger partial charge on any atom is 0.169 e. The van der Waals surface area contributed by atoms with E-state index in [1.165, 1.54) is 0 Å². The van der Waals surface area contributed by atoms with Gasteiger partial charge in [-0.1, -0.05) is 12.1 Å². The highest BCUT2D eigenvalue weighted by Crippen LogP contribution is 2.23. The molecule has 5 nitrogen and oxygen atoms in total. The summed E-state index contributed by atoms with van der Waals surface area (Å²) < 4.78 is 5.72. The molecule has 0 aliphatic rings. The largest absolute Gasteiger partial charge is 0.491 e. The van der Waals surface area contributed by atoms with Crippen molar-refractivity contribution in [1.29, 1.82) is 5.26 Å². The standard InChI is InChI=1S/C18H22N4O/c1-12(2)23-16-8-6-7-15(9-16)11-22(5)18-17(10-19)13(3)14(4)20-21-18/h6-9,12H,11H2,1-5H3. The first kappa shape index (κ1) is 16.8. The maximum absolute atomic E-state index is 9.42. The molecule has 0 spiro atoms. The summed E-state index contributed by atoms with van der Waals surface area (Å²) in [7, 11) is 1.91. The van der Waals surface area contributed by atoms with Crippen LogP contribution in [0.1, 0.15) is 36.2 Å². The van der Waals surface area contributed by atoms with Crippen molar-refractivity contribution in [3.8, 4) is 11.8 Å². The van der Waals surface area contributed by atoms with Crippen molar-refractivity contribution in [2.45, 2.75) is 40.3 Å². The minimum Gasteiger partial charge on any atom is -0.491 e. The number of nitriles is 1. The van der Waals surface area contributed by atoms with E-state index in [1.807, 2.05) is 63.9 Å². The molecular weight excluding hydrogens is 288 g/mol. The van der Waals surface area contributed by atoms with Crippen molar-refractivity contribution in [1.82, 2.24) is 10.2 Å². The summed E-state index contributed by atoms with van der Waals surface area (Å²) in [4.78, 5) is 1.94. The van der Waals surface area contributed by atoms with Crippen LogP contribution in [-0.2, 0) is 6.54 Å². The Hall–Kier alpha value is -2.61. The number of nitrogens with zero attached hydrogens (tertiary/aromatic N) is 4. The molecule has 120 valence electrons. The molecule has 2 rings (SSSR count). The van der Waals surface area contributed by atoms with Crippen molar-refractivity contribution in [3.63, 3.8) is 0 Å². The predicted molar refractivity (Wildman–Crippen MR) is 90.5 cm³/mol. The Bertz CT molecular complexity index is 734. The molecule has 0 saturated heterocycles. The Labute approximate surface area is 137 Å². The topological polar surface area (TPSA) is 62.0 Å². The van der Waals surface area contributed by atoms with Crippen molar-refractivity contribution in [3.05, 3.63) is 46.6 Å². The molecule has 0 aliphatic heterocycles. The van der Waals surface area contributed by atoms with Crippen LogP contribution in [0.3, 0.4) is 0 Å². The lowest BCUT2D eigenvalue weighted by atomic mass is 10.1. The fourth-order valence-electron chi connectivity index (χ4n) is 2.34. The zero-order valence-electron chi connectivity index (χ0n) is 14.3. The average Bonchev–Trinajstić information content (AvgIpc) is 2.49. The molecule has 0 bridgehead atoms. The van der Waals surface area contributed by atoms with Gasteiger partial charge in [-0.3, -0.25) is 0 Å². The molecule has 1 aromatic heterocycles. The number of hydrogen-bond acceptors (Lipinski definition) is 5. The number of aromatic nitrogens is 2. The zero-order valence-corrected chi connectivity index (χ0v) is 14.3. The number of ether oxygens (including phenoxy) is 1. The summed E-state index contributed by atoms with van der Waals surface area (Å²) in [5.41, 5.74) is 3.33. The maximum atomic E-state index is 9.42. The molecule has 0 atom stereocenters. The molecule has 23 heavy (non-hydrogen) atoms. The fourth-order valence-corrected chi connectivity index (χ4v) is 2.34. The van der Waals surface area contributed by atoms with E-state index < -0.39 is 0 Å².